The van der Waals surface area contributed by atoms with Crippen LogP contribution in [0.5, 0.6) is 0 Å². The molecule has 0 saturated carbocycles. The molecule has 0 bridgehead atoms. The first-order chi connectivity index (χ1) is 56.9. The second-order valence-corrected chi connectivity index (χ2v) is 43.2. The average Bonchev–Trinajstić information content (AvgIpc) is 0.759. The van der Waals surface area contributed by atoms with Crippen molar-refractivity contribution in [1.29, 1.82) is 0 Å². The van der Waals surface area contributed by atoms with Crippen molar-refractivity contribution < 1.29 is 322 Å². The smallest absolute Gasteiger partial charge is 0.350 e. The molecule has 26 atom stereocenters. The van der Waals surface area contributed by atoms with Gasteiger partial charge in [-0.25, -0.2) is 66.9 Å². The Balaban J connectivity index is 2.07. The second kappa shape index (κ2) is 42.9. The lowest BCUT2D eigenvalue weighted by Gasteiger charge is -2.51. The zero-order valence-electron chi connectivity index (χ0n) is 61.8. The molecule has 1 unspecified atom stereocenters. The van der Waals surface area contributed by atoms with Gasteiger partial charge in [0.15, 0.2) is 62.0 Å². The minimum Gasteiger partial charge on any atom is -0.350 e. The van der Waals surface area contributed by atoms with Crippen LogP contribution in [-0.2, 0) is 281 Å². The van der Waals surface area contributed by atoms with Crippen molar-refractivity contribution in [2.75, 3.05) is 39.6 Å². The summed E-state index contributed by atoms with van der Waals surface area (Å²) in [5, 5.41) is 0. The van der Waals surface area contributed by atoms with Gasteiger partial charge in [-0.1, -0.05) is 27.7 Å². The van der Waals surface area contributed by atoms with Crippen molar-refractivity contribution in [3.63, 3.8) is 0 Å². The predicted octanol–water partition coefficient (Wildman–Crippen LogP) is -11.6. The molecular formula is C38H68O74S16. The highest BCUT2D eigenvalue weighted by atomic mass is 32.3. The van der Waals surface area contributed by atoms with Gasteiger partial charge >= 0.3 is 166 Å². The Morgan fingerprint density at radius 2 is 0.367 bits per heavy atom. The fourth-order valence-corrected chi connectivity index (χ4v) is 18.8. The molecule has 0 aromatic heterocycles. The van der Waals surface area contributed by atoms with Crippen LogP contribution >= 0.6 is 0 Å². The molecule has 74 nitrogen and oxygen atoms in total. The first-order valence-electron chi connectivity index (χ1n) is 31.7. The third-order valence-corrected chi connectivity index (χ3v) is 22.4. The zero-order valence-corrected chi connectivity index (χ0v) is 74.9. The van der Waals surface area contributed by atoms with Crippen LogP contribution in [0.3, 0.4) is 0 Å². The molecule has 128 heavy (non-hydrogen) atoms. The largest absolute Gasteiger partial charge is 0.397 e. The quantitative estimate of drug-likeness (QED) is 0.0252. The van der Waals surface area contributed by atoms with Crippen LogP contribution in [-0.4, -0.2) is 401 Å². The summed E-state index contributed by atoms with van der Waals surface area (Å²) in [7, 11) is -106. The number of hydrogen-bond acceptors (Lipinski definition) is 58. The van der Waals surface area contributed by atoms with Gasteiger partial charge in [-0.15, -0.1) is 0 Å². The highest BCUT2D eigenvalue weighted by Gasteiger charge is 2.65. The molecule has 5 saturated heterocycles. The molecule has 760 valence electrons. The Morgan fingerprint density at radius 1 is 0.219 bits per heavy atom. The van der Waals surface area contributed by atoms with Gasteiger partial charge < -0.3 is 47.4 Å². The highest BCUT2D eigenvalue weighted by molar-refractivity contribution is 7.84. The van der Waals surface area contributed by atoms with Crippen molar-refractivity contribution >= 4 is 166 Å². The average molecular weight is 2220 g/mol. The highest BCUT2D eigenvalue weighted by Crippen LogP contribution is 2.44. The molecule has 5 aliphatic heterocycles. The molecule has 0 aromatic carbocycles. The topological polar surface area (TPSA) is 1110 Å². The van der Waals surface area contributed by atoms with E-state index in [1.807, 2.05) is 0 Å². The van der Waals surface area contributed by atoms with E-state index < -0.39 is 371 Å². The number of hydrogen-bond donors (Lipinski definition) is 16. The van der Waals surface area contributed by atoms with Gasteiger partial charge in [0.25, 0.3) is 0 Å². The third kappa shape index (κ3) is 42.6. The fourth-order valence-electron chi connectivity index (χ4n) is 11.8. The van der Waals surface area contributed by atoms with Crippen LogP contribution in [0.4, 0.5) is 0 Å². The lowest BCUT2D eigenvalue weighted by molar-refractivity contribution is -0.385. The van der Waals surface area contributed by atoms with E-state index >= 15 is 0 Å². The van der Waals surface area contributed by atoms with Crippen LogP contribution in [0.25, 0.3) is 0 Å². The summed E-state index contributed by atoms with van der Waals surface area (Å²) in [6.07, 6.45) is -95.6. The summed E-state index contributed by atoms with van der Waals surface area (Å²) >= 11 is 0. The van der Waals surface area contributed by atoms with Crippen LogP contribution < -0.4 is 0 Å². The SMILES string of the molecule is CC(CO[C@@H]1O[C@H](COS(=O)(=O)O)[C@@H](OS(=O)(=O)O)[C@H](O[C@@H]2O[C@H](COS(=O)(=O)O)[C@@H](OS(=O)(=O)O)[C@H](O[C@@H]3O[C@H](COS(=O)(=O)O)[C@@H](OS(=O)(=O)O)[C@H](O[C@@H]4O[C@H](COS(=O)(=O)O)[C@@H](OS(=O)(=O)O)[C@H](O[C@@H]5O[C@H](COS(=O)(=O)O)[C@@H](OS(=O)(=O)O)[C@H](OS(=O)(=O)O)[C@H]5OS(=O)(=O)O)[C@H]4OS(=O)(=O)O)[C@H]3OS(=O)(=O)O)[C@H]2OS(=O)(=O)O)[C@H]1OS(=O)(=O)O)CC(C)(C)C. The molecule has 0 aromatic rings. The monoisotopic (exact) mass is 2220 g/mol. The summed E-state index contributed by atoms with van der Waals surface area (Å²) in [5.41, 5.74) is -0.753. The van der Waals surface area contributed by atoms with Gasteiger partial charge in [0, 0.05) is 0 Å². The molecule has 16 N–H and O–H groups in total. The van der Waals surface area contributed by atoms with Crippen molar-refractivity contribution in [3.05, 3.63) is 0 Å². The molecule has 0 amide bonds. The molecule has 5 rings (SSSR count). The Kier molecular flexibility index (Phi) is 38.9. The summed E-state index contributed by atoms with van der Waals surface area (Å²) in [5.74, 6) is -0.912. The maximum atomic E-state index is 13.4. The first-order valence-corrected chi connectivity index (χ1v) is 53.5. The molecule has 0 radical (unpaired) electrons. The lowest BCUT2D eigenvalue weighted by atomic mass is 9.86. The molecule has 0 aliphatic carbocycles. The minimum absolute atomic E-state index is 0.00157. The van der Waals surface area contributed by atoms with Gasteiger partial charge in [0.1, 0.15) is 91.6 Å². The van der Waals surface area contributed by atoms with E-state index in [1.54, 1.807) is 20.8 Å². The van der Waals surface area contributed by atoms with Crippen LogP contribution in [0.15, 0.2) is 0 Å². The van der Waals surface area contributed by atoms with Gasteiger partial charge in [0.2, 0.25) is 0 Å². The maximum absolute atomic E-state index is 13.4. The maximum Gasteiger partial charge on any atom is 0.397 e. The van der Waals surface area contributed by atoms with E-state index in [-0.39, 0.29) is 6.42 Å². The van der Waals surface area contributed by atoms with E-state index in [0.29, 0.717) is 0 Å². The van der Waals surface area contributed by atoms with Gasteiger partial charge in [-0.3, -0.25) is 72.8 Å². The Bertz CT molecular complexity index is 5800. The van der Waals surface area contributed by atoms with E-state index in [2.05, 4.69) is 66.9 Å². The molecule has 5 aliphatic rings. The van der Waals surface area contributed by atoms with Crippen LogP contribution in [0, 0.1) is 11.3 Å². The van der Waals surface area contributed by atoms with Crippen molar-refractivity contribution in [3.8, 4) is 0 Å². The zero-order chi connectivity index (χ0) is 98.8. The van der Waals surface area contributed by atoms with E-state index in [1.165, 1.54) is 6.92 Å². The normalized spacial score (nSPS) is 32.4. The molecule has 90 heteroatoms. The van der Waals surface area contributed by atoms with Crippen molar-refractivity contribution in [1.82, 2.24) is 0 Å². The summed E-state index contributed by atoms with van der Waals surface area (Å²) in [6.45, 7) is -6.86. The van der Waals surface area contributed by atoms with E-state index in [4.69, 9.17) is 47.4 Å². The molecule has 0 spiro atoms. The Labute approximate surface area is 722 Å². The minimum atomic E-state index is -7.13. The molecular weight excluding hydrogens is 2150 g/mol. The Morgan fingerprint density at radius 3 is 0.539 bits per heavy atom. The van der Waals surface area contributed by atoms with E-state index in [0.717, 1.165) is 0 Å². The van der Waals surface area contributed by atoms with Crippen molar-refractivity contribution in [2.45, 2.75) is 188 Å². The summed E-state index contributed by atoms with van der Waals surface area (Å²) in [6, 6.07) is 0. The van der Waals surface area contributed by atoms with Crippen LogP contribution in [0.1, 0.15) is 34.1 Å². The fraction of sp³-hybridized carbons (Fsp3) is 1.00. The van der Waals surface area contributed by atoms with Gasteiger partial charge in [0.05, 0.1) is 39.6 Å². The number of rotatable bonds is 49. The second-order valence-electron chi connectivity index (χ2n) is 26.3. The van der Waals surface area contributed by atoms with Gasteiger partial charge in [-0.05, 0) is 17.8 Å². The summed E-state index contributed by atoms with van der Waals surface area (Å²) in [4.78, 5) is 0. The first kappa shape index (κ1) is 116. The Hall–Kier alpha value is -2.48. The molecule has 5 fully saturated rings. The summed E-state index contributed by atoms with van der Waals surface area (Å²) < 4.78 is 690. The van der Waals surface area contributed by atoms with Gasteiger partial charge in [-0.2, -0.15) is 135 Å². The van der Waals surface area contributed by atoms with Crippen LogP contribution in [0.2, 0.25) is 0 Å². The lowest BCUT2D eigenvalue weighted by Crippen LogP contribution is -2.70. The number of ether oxygens (including phenoxy) is 10. The molecule has 5 heterocycles. The standard InChI is InChI=1S/C38H68O74S16/c1-12(5-38(2,3)4)6-87-33-28(108-124(72,73)74)23(18(102-118(54,55)56)13(93-33)7-88-113(39,40)41)98-34-29(109-125(75,76)77)24(19(103-119(57,58)59)14(94-34)8-89-114(42,43)44)99-35-30(110-126(78,79)80)25(20(104-120(60,61)62)15(95-35)9-90-115(45,46)47)100-36-31(111-127(81,82)83)26(21(105-121(63,64)65)16(96-36)10-91-116(48,49)50)101-37-32(112-128(84,85)86)27(107-123(69,70)71)22(106-122(66,67)68)17(97-37)11-92-117(51,52)53/h12-37H,5-11H2,1-4H3,(H,39,40,41)(H,42,43,44)(H,45,46,47)(H,48,49,50)(H,51,52,53)(H,54,55,56)(H,57,58,59)(H,60,61,62)(H,63,64,65)(H,66,67,68)(H,69,70,71)(H,72,73,74)(H,75,76,77)(H,78,79,80)(H,81,82,83)(H,84,85,86)/t12?,13-,14-,15-,16-,17-,18-,19-,20-,21-,22-,23+,24+,25+,26+,27+,28-,29-,30-,31-,32-,33-,34+,35+,36+,37+/m1/s1. The van der Waals surface area contributed by atoms with Crippen molar-refractivity contribution in [2.24, 2.45) is 11.3 Å². The van der Waals surface area contributed by atoms with E-state index in [9.17, 15) is 208 Å². The predicted molar refractivity (Wildman–Crippen MR) is 370 cm³/mol. The third-order valence-electron chi connectivity index (χ3n) is 15.1.